The molecule has 14 heteroatoms. The van der Waals surface area contributed by atoms with Crippen molar-refractivity contribution in [3.05, 3.63) is 54.9 Å². The molecule has 36 heavy (non-hydrogen) atoms. The summed E-state index contributed by atoms with van der Waals surface area (Å²) in [7, 11) is 3.20. The third-order valence-electron chi connectivity index (χ3n) is 4.52. The van der Waals surface area contributed by atoms with Crippen LogP contribution in [-0.4, -0.2) is 53.1 Å². The van der Waals surface area contributed by atoms with Crippen molar-refractivity contribution >= 4 is 40.7 Å². The first-order chi connectivity index (χ1) is 17.2. The number of ether oxygens (including phenoxy) is 1. The number of aromatic nitrogens is 4. The smallest absolute Gasteiger partial charge is 0.421 e. The van der Waals surface area contributed by atoms with E-state index in [1.807, 2.05) is 0 Å². The zero-order valence-corrected chi connectivity index (χ0v) is 19.4. The number of halogens is 3. The van der Waals surface area contributed by atoms with Crippen LogP contribution >= 0.6 is 0 Å². The lowest BCUT2D eigenvalue weighted by atomic mass is 10.2. The van der Waals surface area contributed by atoms with Gasteiger partial charge in [0, 0.05) is 30.7 Å². The fourth-order valence-corrected chi connectivity index (χ4v) is 2.86. The number of hydrogen-bond acceptors (Lipinski definition) is 10. The molecule has 1 aromatic carbocycles. The summed E-state index contributed by atoms with van der Waals surface area (Å²) in [6.07, 6.45) is -1.60. The van der Waals surface area contributed by atoms with E-state index in [9.17, 15) is 18.0 Å². The van der Waals surface area contributed by atoms with Gasteiger partial charge in [-0.3, -0.25) is 4.79 Å². The highest BCUT2D eigenvalue weighted by Gasteiger charge is 2.35. The number of benzene rings is 1. The van der Waals surface area contributed by atoms with E-state index in [1.165, 1.54) is 25.4 Å². The number of carbonyl (C=O) groups excluding carboxylic acids is 1. The molecule has 3 aromatic rings. The van der Waals surface area contributed by atoms with Crippen molar-refractivity contribution in [2.24, 2.45) is 0 Å². The Balaban J connectivity index is 1.88. The van der Waals surface area contributed by atoms with Gasteiger partial charge >= 0.3 is 6.18 Å². The van der Waals surface area contributed by atoms with Crippen LogP contribution in [0.25, 0.3) is 0 Å². The third-order valence-corrected chi connectivity index (χ3v) is 4.52. The van der Waals surface area contributed by atoms with Gasteiger partial charge in [0.25, 0.3) is 0 Å². The van der Waals surface area contributed by atoms with E-state index in [2.05, 4.69) is 53.1 Å². The van der Waals surface area contributed by atoms with E-state index in [0.29, 0.717) is 30.9 Å². The third kappa shape index (κ3) is 7.02. The van der Waals surface area contributed by atoms with Crippen LogP contribution in [0.15, 0.2) is 49.3 Å². The van der Waals surface area contributed by atoms with E-state index in [0.717, 1.165) is 6.08 Å². The Labute approximate surface area is 204 Å². The Kier molecular flexibility index (Phi) is 8.57. The zero-order valence-electron chi connectivity index (χ0n) is 19.4. The zero-order chi connectivity index (χ0) is 26.1. The van der Waals surface area contributed by atoms with Crippen LogP contribution in [0, 0.1) is 0 Å². The standard InChI is InChI=1S/C22H24F3N9O2/c1-4-17(35)30-13-6-5-7-14(10-13)31-18-15(22(23,24)25)11-28-21(33-18)32-16-12-29-20(27-9-8-26-2)34-19(16)36-3/h4-7,10-12,26H,1,8-9H2,2-3H3,(H,30,35)(H,27,29,34)(H2,28,31,32,33). The summed E-state index contributed by atoms with van der Waals surface area (Å²) in [5.74, 6) is -0.666. The lowest BCUT2D eigenvalue weighted by molar-refractivity contribution is -0.137. The van der Waals surface area contributed by atoms with Gasteiger partial charge in [0.05, 0.1) is 13.3 Å². The number of alkyl halides is 3. The predicted molar refractivity (Wildman–Crippen MR) is 130 cm³/mol. The molecule has 0 aliphatic carbocycles. The number of methoxy groups -OCH3 is 1. The number of likely N-dealkylation sites (N-methyl/N-ethyl adjacent to an activating group) is 1. The molecule has 0 saturated heterocycles. The fraction of sp³-hybridized carbons (Fsp3) is 0.227. The van der Waals surface area contributed by atoms with Crippen LogP contribution in [0.4, 0.5) is 47.9 Å². The first-order valence-electron chi connectivity index (χ1n) is 10.5. The largest absolute Gasteiger partial charge is 0.479 e. The Hall–Kier alpha value is -4.46. The van der Waals surface area contributed by atoms with E-state index < -0.39 is 23.5 Å². The minimum absolute atomic E-state index is 0.139. The molecule has 2 heterocycles. The van der Waals surface area contributed by atoms with E-state index in [1.54, 1.807) is 19.2 Å². The second-order valence-electron chi connectivity index (χ2n) is 7.12. The molecule has 190 valence electrons. The summed E-state index contributed by atoms with van der Waals surface area (Å²) in [5.41, 5.74) is -0.224. The molecule has 0 bridgehead atoms. The van der Waals surface area contributed by atoms with Gasteiger partial charge in [0.1, 0.15) is 17.1 Å². The van der Waals surface area contributed by atoms with Crippen LogP contribution in [-0.2, 0) is 11.0 Å². The predicted octanol–water partition coefficient (Wildman–Crippen LogP) is 3.54. The Bertz CT molecular complexity index is 1220. The molecule has 0 aliphatic heterocycles. The second kappa shape index (κ2) is 11.8. The van der Waals surface area contributed by atoms with Crippen LogP contribution < -0.4 is 31.3 Å². The number of nitrogens with zero attached hydrogens (tertiary/aromatic N) is 4. The van der Waals surface area contributed by atoms with Crippen LogP contribution in [0.1, 0.15) is 5.56 Å². The van der Waals surface area contributed by atoms with Gasteiger partial charge in [-0.25, -0.2) is 9.97 Å². The molecule has 0 unspecified atom stereocenters. The molecule has 11 nitrogen and oxygen atoms in total. The first kappa shape index (κ1) is 26.2. The number of nitrogens with one attached hydrogen (secondary N) is 5. The average Bonchev–Trinajstić information content (AvgIpc) is 2.84. The summed E-state index contributed by atoms with van der Waals surface area (Å²) in [6.45, 7) is 4.62. The van der Waals surface area contributed by atoms with Gasteiger partial charge in [0.15, 0.2) is 0 Å². The molecular formula is C22H24F3N9O2. The number of hydrogen-bond donors (Lipinski definition) is 5. The highest BCUT2D eigenvalue weighted by molar-refractivity contribution is 5.99. The molecule has 0 spiro atoms. The second-order valence-corrected chi connectivity index (χ2v) is 7.12. The summed E-state index contributed by atoms with van der Waals surface area (Å²) < 4.78 is 46.2. The summed E-state index contributed by atoms with van der Waals surface area (Å²) in [4.78, 5) is 27.7. The maximum Gasteiger partial charge on any atom is 0.421 e. The molecule has 0 aliphatic rings. The highest BCUT2D eigenvalue weighted by Crippen LogP contribution is 2.36. The van der Waals surface area contributed by atoms with Gasteiger partial charge in [-0.1, -0.05) is 12.6 Å². The highest BCUT2D eigenvalue weighted by atomic mass is 19.4. The van der Waals surface area contributed by atoms with Crippen LogP contribution in [0.5, 0.6) is 5.88 Å². The maximum atomic E-state index is 13.6. The van der Waals surface area contributed by atoms with Crippen LogP contribution in [0.2, 0.25) is 0 Å². The van der Waals surface area contributed by atoms with Crippen molar-refractivity contribution in [1.82, 2.24) is 25.3 Å². The number of amides is 1. The van der Waals surface area contributed by atoms with E-state index >= 15 is 0 Å². The van der Waals surface area contributed by atoms with E-state index in [-0.39, 0.29) is 23.2 Å². The molecule has 0 atom stereocenters. The summed E-state index contributed by atoms with van der Waals surface area (Å²) in [5, 5.41) is 13.9. The number of rotatable bonds is 11. The molecule has 2 aromatic heterocycles. The van der Waals surface area contributed by atoms with Crippen LogP contribution in [0.3, 0.4) is 0 Å². The van der Waals surface area contributed by atoms with Gasteiger partial charge in [-0.2, -0.15) is 23.1 Å². The average molecular weight is 503 g/mol. The topological polar surface area (TPSA) is 138 Å². The van der Waals surface area contributed by atoms with Gasteiger partial charge in [0.2, 0.25) is 23.7 Å². The minimum Gasteiger partial charge on any atom is -0.479 e. The first-order valence-corrected chi connectivity index (χ1v) is 10.5. The molecule has 0 saturated carbocycles. The molecule has 0 radical (unpaired) electrons. The fourth-order valence-electron chi connectivity index (χ4n) is 2.86. The molecular weight excluding hydrogens is 479 g/mol. The Morgan fingerprint density at radius 3 is 2.53 bits per heavy atom. The normalized spacial score (nSPS) is 10.9. The molecule has 1 amide bonds. The molecule has 0 fully saturated rings. The Morgan fingerprint density at radius 2 is 1.83 bits per heavy atom. The minimum atomic E-state index is -4.73. The number of anilines is 6. The number of carbonyl (C=O) groups is 1. The van der Waals surface area contributed by atoms with Crippen molar-refractivity contribution in [1.29, 1.82) is 0 Å². The van der Waals surface area contributed by atoms with Gasteiger partial charge in [-0.15, -0.1) is 0 Å². The van der Waals surface area contributed by atoms with Gasteiger partial charge < -0.3 is 31.3 Å². The summed E-state index contributed by atoms with van der Waals surface area (Å²) in [6, 6.07) is 6.11. The van der Waals surface area contributed by atoms with Crippen molar-refractivity contribution in [2.45, 2.75) is 6.18 Å². The Morgan fingerprint density at radius 1 is 1.08 bits per heavy atom. The SMILES string of the molecule is C=CC(=O)Nc1cccc(Nc2nc(Nc3cnc(NCCNC)nc3OC)ncc2C(F)(F)F)c1. The maximum absolute atomic E-state index is 13.6. The van der Waals surface area contributed by atoms with Crippen molar-refractivity contribution < 1.29 is 22.7 Å². The lowest BCUT2D eigenvalue weighted by Gasteiger charge is -2.16. The van der Waals surface area contributed by atoms with Gasteiger partial charge in [-0.05, 0) is 31.3 Å². The van der Waals surface area contributed by atoms with E-state index in [4.69, 9.17) is 4.74 Å². The summed E-state index contributed by atoms with van der Waals surface area (Å²) >= 11 is 0. The monoisotopic (exact) mass is 503 g/mol. The lowest BCUT2D eigenvalue weighted by Crippen LogP contribution is -2.19. The molecule has 5 N–H and O–H groups in total. The van der Waals surface area contributed by atoms with Crippen molar-refractivity contribution in [3.8, 4) is 5.88 Å². The quantitative estimate of drug-likeness (QED) is 0.195. The van der Waals surface area contributed by atoms with Crippen molar-refractivity contribution in [3.63, 3.8) is 0 Å². The van der Waals surface area contributed by atoms with Crippen molar-refractivity contribution in [2.75, 3.05) is 48.5 Å². The molecule has 3 rings (SSSR count).